The lowest BCUT2D eigenvalue weighted by Crippen LogP contribution is -2.39. The second kappa shape index (κ2) is 8.10. The fourth-order valence-corrected chi connectivity index (χ4v) is 6.33. The highest BCUT2D eigenvalue weighted by Gasteiger charge is 2.28. The molecule has 2 heterocycles. The molecule has 0 saturated carbocycles. The molecule has 31 heavy (non-hydrogen) atoms. The van der Waals surface area contributed by atoms with E-state index in [-0.39, 0.29) is 21.1 Å². The Morgan fingerprint density at radius 2 is 1.68 bits per heavy atom. The van der Waals surface area contributed by atoms with Crippen LogP contribution < -0.4 is 10.3 Å². The van der Waals surface area contributed by atoms with Crippen LogP contribution in [0.15, 0.2) is 73.6 Å². The van der Waals surface area contributed by atoms with E-state index >= 15 is 0 Å². The predicted octanol–water partition coefficient (Wildman–Crippen LogP) is 3.01. The Bertz CT molecular complexity index is 1380. The number of fused-ring (bicyclic) bond motifs is 1. The van der Waals surface area contributed by atoms with Crippen molar-refractivity contribution in [3.63, 3.8) is 0 Å². The van der Waals surface area contributed by atoms with E-state index in [1.807, 2.05) is 6.92 Å². The number of piperidine rings is 1. The molecule has 10 heteroatoms. The summed E-state index contributed by atoms with van der Waals surface area (Å²) in [5.74, 6) is 0.310. The molecule has 1 fully saturated rings. The van der Waals surface area contributed by atoms with Gasteiger partial charge < -0.3 is 4.42 Å². The van der Waals surface area contributed by atoms with Gasteiger partial charge in [0.1, 0.15) is 5.58 Å². The van der Waals surface area contributed by atoms with Crippen molar-refractivity contribution in [2.45, 2.75) is 29.6 Å². The van der Waals surface area contributed by atoms with Gasteiger partial charge in [-0.1, -0.05) is 6.92 Å². The fraction of sp³-hybridized carbons (Fsp3) is 0.286. The van der Waals surface area contributed by atoms with Crippen LogP contribution in [0, 0.1) is 5.92 Å². The summed E-state index contributed by atoms with van der Waals surface area (Å²) in [7, 11) is -7.54. The van der Waals surface area contributed by atoms with Gasteiger partial charge in [-0.05, 0) is 67.3 Å². The molecule has 1 aliphatic rings. The molecule has 3 aromatic rings. The van der Waals surface area contributed by atoms with Crippen LogP contribution in [0.3, 0.4) is 0 Å². The average Bonchev–Trinajstić information content (AvgIpc) is 2.73. The molecule has 1 aromatic heterocycles. The Balaban J connectivity index is 1.55. The van der Waals surface area contributed by atoms with Crippen molar-refractivity contribution in [2.75, 3.05) is 17.8 Å². The quantitative estimate of drug-likeness (QED) is 0.583. The lowest BCUT2D eigenvalue weighted by Gasteiger charge is -2.30. The molecule has 0 amide bonds. The molecule has 8 nitrogen and oxygen atoms in total. The molecule has 1 aliphatic heterocycles. The van der Waals surface area contributed by atoms with Crippen LogP contribution in [-0.2, 0) is 20.0 Å². The van der Waals surface area contributed by atoms with E-state index in [4.69, 9.17) is 4.42 Å². The van der Waals surface area contributed by atoms with Gasteiger partial charge in [0.25, 0.3) is 10.0 Å². The van der Waals surface area contributed by atoms with Gasteiger partial charge in [-0.3, -0.25) is 4.72 Å². The van der Waals surface area contributed by atoms with E-state index in [2.05, 4.69) is 4.72 Å². The first-order chi connectivity index (χ1) is 14.6. The number of sulfonamides is 2. The van der Waals surface area contributed by atoms with Crippen LogP contribution in [0.1, 0.15) is 19.8 Å². The molecule has 164 valence electrons. The van der Waals surface area contributed by atoms with Gasteiger partial charge in [-0.2, -0.15) is 4.31 Å². The zero-order chi connectivity index (χ0) is 22.2. The van der Waals surface area contributed by atoms with Gasteiger partial charge in [0.2, 0.25) is 10.0 Å². The first-order valence-corrected chi connectivity index (χ1v) is 12.7. The van der Waals surface area contributed by atoms with E-state index in [1.165, 1.54) is 58.9 Å². The van der Waals surface area contributed by atoms with Crippen molar-refractivity contribution in [1.29, 1.82) is 0 Å². The molecule has 0 spiro atoms. The van der Waals surface area contributed by atoms with Crippen LogP contribution in [0.2, 0.25) is 0 Å². The minimum absolute atomic E-state index is 0.00662. The van der Waals surface area contributed by atoms with Crippen molar-refractivity contribution < 1.29 is 21.3 Å². The van der Waals surface area contributed by atoms with Crippen molar-refractivity contribution in [2.24, 2.45) is 5.92 Å². The summed E-state index contributed by atoms with van der Waals surface area (Å²) in [6, 6.07) is 12.5. The van der Waals surface area contributed by atoms with Crippen LogP contribution in [-0.4, -0.2) is 34.2 Å². The summed E-state index contributed by atoms with van der Waals surface area (Å²) in [4.78, 5) is 11.4. The monoisotopic (exact) mass is 462 g/mol. The maximum Gasteiger partial charge on any atom is 0.336 e. The Morgan fingerprint density at radius 3 is 2.39 bits per heavy atom. The lowest BCUT2D eigenvalue weighted by molar-refractivity contribution is 0.281. The summed E-state index contributed by atoms with van der Waals surface area (Å²) in [5.41, 5.74) is 0.00831. The third-order valence-electron chi connectivity index (χ3n) is 5.27. The molecule has 1 N–H and O–H groups in total. The Hall–Kier alpha value is -2.69. The predicted molar refractivity (Wildman–Crippen MR) is 117 cm³/mol. The van der Waals surface area contributed by atoms with Gasteiger partial charge in [-0.25, -0.2) is 21.6 Å². The van der Waals surface area contributed by atoms with Crippen molar-refractivity contribution in [3.8, 4) is 0 Å². The number of rotatable bonds is 5. The standard InChI is InChI=1S/C21H22N2O6S2/c1-15-3-2-12-23(14-15)31(27,28)18-7-5-17(6-8-18)22-30(25,26)19-9-10-20-16(13-19)4-11-21(24)29-20/h4-11,13,15,22H,2-3,12,14H2,1H3. The molecule has 4 rings (SSSR count). The Kier molecular flexibility index (Phi) is 5.63. The van der Waals surface area contributed by atoms with Crippen molar-refractivity contribution >= 4 is 36.7 Å². The van der Waals surface area contributed by atoms with E-state index in [9.17, 15) is 21.6 Å². The Morgan fingerprint density at radius 1 is 0.968 bits per heavy atom. The van der Waals surface area contributed by atoms with E-state index in [0.29, 0.717) is 24.4 Å². The van der Waals surface area contributed by atoms with Crippen LogP contribution in [0.5, 0.6) is 0 Å². The lowest BCUT2D eigenvalue weighted by atomic mass is 10.0. The highest BCUT2D eigenvalue weighted by atomic mass is 32.2. The molecule has 0 aliphatic carbocycles. The summed E-state index contributed by atoms with van der Waals surface area (Å²) in [5, 5.41) is 0.472. The molecular weight excluding hydrogens is 440 g/mol. The number of nitrogens with one attached hydrogen (secondary N) is 1. The van der Waals surface area contributed by atoms with E-state index in [1.54, 1.807) is 0 Å². The smallest absolute Gasteiger partial charge is 0.336 e. The topological polar surface area (TPSA) is 114 Å². The van der Waals surface area contributed by atoms with Gasteiger partial charge in [0, 0.05) is 30.2 Å². The number of hydrogen-bond acceptors (Lipinski definition) is 6. The maximum absolute atomic E-state index is 12.9. The normalized spacial score (nSPS) is 18.2. The number of nitrogens with zero attached hydrogens (tertiary/aromatic N) is 1. The second-order valence-electron chi connectivity index (χ2n) is 7.69. The maximum atomic E-state index is 12.9. The molecule has 1 saturated heterocycles. The zero-order valence-electron chi connectivity index (χ0n) is 16.8. The second-order valence-corrected chi connectivity index (χ2v) is 11.3. The van der Waals surface area contributed by atoms with Crippen LogP contribution in [0.25, 0.3) is 11.0 Å². The Labute approximate surface area is 180 Å². The first kappa shape index (κ1) is 21.5. The van der Waals surface area contributed by atoms with Crippen LogP contribution in [0.4, 0.5) is 5.69 Å². The molecule has 1 atom stereocenters. The third-order valence-corrected chi connectivity index (χ3v) is 8.52. The van der Waals surface area contributed by atoms with Gasteiger partial charge in [0.05, 0.1) is 9.79 Å². The fourth-order valence-electron chi connectivity index (χ4n) is 3.64. The molecule has 0 bridgehead atoms. The van der Waals surface area contributed by atoms with E-state index < -0.39 is 25.7 Å². The third kappa shape index (κ3) is 4.51. The first-order valence-electron chi connectivity index (χ1n) is 9.82. The zero-order valence-corrected chi connectivity index (χ0v) is 18.4. The summed E-state index contributed by atoms with van der Waals surface area (Å²) >= 11 is 0. The molecular formula is C21H22N2O6S2. The largest absolute Gasteiger partial charge is 0.423 e. The highest BCUT2D eigenvalue weighted by molar-refractivity contribution is 7.92. The number of hydrogen-bond donors (Lipinski definition) is 1. The summed E-state index contributed by atoms with van der Waals surface area (Å²) in [6.45, 7) is 3.00. The molecule has 1 unspecified atom stereocenters. The van der Waals surface area contributed by atoms with Crippen molar-refractivity contribution in [1.82, 2.24) is 4.31 Å². The molecule has 0 radical (unpaired) electrons. The highest BCUT2D eigenvalue weighted by Crippen LogP contribution is 2.25. The minimum Gasteiger partial charge on any atom is -0.423 e. The average molecular weight is 463 g/mol. The van der Waals surface area contributed by atoms with E-state index in [0.717, 1.165) is 12.8 Å². The summed E-state index contributed by atoms with van der Waals surface area (Å²) < 4.78 is 60.2. The summed E-state index contributed by atoms with van der Waals surface area (Å²) in [6.07, 6.45) is 1.83. The SMILES string of the molecule is CC1CCCN(S(=O)(=O)c2ccc(NS(=O)(=O)c3ccc4oc(=O)ccc4c3)cc2)C1. The van der Waals surface area contributed by atoms with Gasteiger partial charge in [-0.15, -0.1) is 0 Å². The van der Waals surface area contributed by atoms with Crippen LogP contribution >= 0.6 is 0 Å². The minimum atomic E-state index is -3.92. The van der Waals surface area contributed by atoms with Crippen molar-refractivity contribution in [3.05, 3.63) is 65.0 Å². The number of benzene rings is 2. The van der Waals surface area contributed by atoms with Gasteiger partial charge in [0.15, 0.2) is 0 Å². The van der Waals surface area contributed by atoms with Gasteiger partial charge >= 0.3 is 5.63 Å². The molecule has 2 aromatic carbocycles. The number of anilines is 1.